The molecule has 0 radical (unpaired) electrons. The molecule has 0 aromatic rings. The topological polar surface area (TPSA) is 21.6 Å². The van der Waals surface area contributed by atoms with Gasteiger partial charge in [-0.05, 0) is 13.8 Å². The zero-order chi connectivity index (χ0) is 5.98. The van der Waals surface area contributed by atoms with Gasteiger partial charge in [0.1, 0.15) is 0 Å². The summed E-state index contributed by atoms with van der Waals surface area (Å²) in [6.07, 6.45) is 0. The van der Waals surface area contributed by atoms with Crippen LogP contribution in [0.15, 0.2) is 4.99 Å². The van der Waals surface area contributed by atoms with Crippen LogP contribution in [0.5, 0.6) is 0 Å². The predicted octanol–water partition coefficient (Wildman–Crippen LogP) is 0.866. The summed E-state index contributed by atoms with van der Waals surface area (Å²) in [6, 6.07) is 0.378. The van der Waals surface area contributed by atoms with E-state index in [1.807, 2.05) is 6.92 Å². The number of hydrogen-bond acceptors (Lipinski definition) is 2. The molecule has 0 N–H and O–H groups in total. The van der Waals surface area contributed by atoms with E-state index < -0.39 is 0 Å². The summed E-state index contributed by atoms with van der Waals surface area (Å²) in [5.41, 5.74) is 1.11. The molecule has 8 heavy (non-hydrogen) atoms. The molecule has 0 aliphatic carbocycles. The van der Waals surface area contributed by atoms with Crippen LogP contribution in [0.1, 0.15) is 13.8 Å². The maximum Gasteiger partial charge on any atom is 0.0842 e. The first-order chi connectivity index (χ1) is 3.79. The Morgan fingerprint density at radius 2 is 2.50 bits per heavy atom. The third-order valence-electron chi connectivity index (χ3n) is 1.11. The fourth-order valence-electron chi connectivity index (χ4n) is 0.828. The maximum atomic E-state index is 5.16. The average Bonchev–Trinajstić information content (AvgIpc) is 1.64. The molecule has 2 nitrogen and oxygen atoms in total. The Hall–Kier alpha value is -0.370. The van der Waals surface area contributed by atoms with Crippen LogP contribution in [0, 0.1) is 0 Å². The van der Waals surface area contributed by atoms with Crippen molar-refractivity contribution in [2.75, 3.05) is 13.2 Å². The second-order valence-corrected chi connectivity index (χ2v) is 2.23. The second kappa shape index (κ2) is 2.27. The second-order valence-electron chi connectivity index (χ2n) is 2.23. The van der Waals surface area contributed by atoms with Gasteiger partial charge in [0.15, 0.2) is 0 Å². The largest absolute Gasteiger partial charge is 0.373 e. The number of rotatable bonds is 0. The summed E-state index contributed by atoms with van der Waals surface area (Å²) in [6.45, 7) is 5.57. The average molecular weight is 113 g/mol. The molecule has 1 atom stereocenters. The van der Waals surface area contributed by atoms with Crippen molar-refractivity contribution in [2.45, 2.75) is 19.9 Å². The maximum absolute atomic E-state index is 5.16. The summed E-state index contributed by atoms with van der Waals surface area (Å²) < 4.78 is 5.16. The fourth-order valence-corrected chi connectivity index (χ4v) is 0.828. The van der Waals surface area contributed by atoms with Gasteiger partial charge < -0.3 is 4.74 Å². The summed E-state index contributed by atoms with van der Waals surface area (Å²) >= 11 is 0. The third-order valence-corrected chi connectivity index (χ3v) is 1.11. The Kier molecular flexibility index (Phi) is 1.63. The molecule has 46 valence electrons. The Balaban J connectivity index is 2.50. The van der Waals surface area contributed by atoms with E-state index in [0.717, 1.165) is 18.9 Å². The molecule has 0 saturated carbocycles. The van der Waals surface area contributed by atoms with E-state index in [2.05, 4.69) is 11.9 Å². The molecule has 0 spiro atoms. The minimum absolute atomic E-state index is 0.378. The molecule has 0 aromatic carbocycles. The number of hydrogen-bond donors (Lipinski definition) is 0. The molecule has 1 unspecified atom stereocenters. The zero-order valence-corrected chi connectivity index (χ0v) is 5.35. The van der Waals surface area contributed by atoms with Crippen LogP contribution >= 0.6 is 0 Å². The molecule has 0 saturated heterocycles. The minimum Gasteiger partial charge on any atom is -0.373 e. The smallest absolute Gasteiger partial charge is 0.0842 e. The molecular weight excluding hydrogens is 102 g/mol. The molecule has 0 amide bonds. The number of ether oxygens (including phenoxy) is 1. The summed E-state index contributed by atoms with van der Waals surface area (Å²) in [4.78, 5) is 4.27. The Bertz CT molecular complexity index is 109. The molecule has 0 fully saturated rings. The van der Waals surface area contributed by atoms with Crippen LogP contribution in [0.3, 0.4) is 0 Å². The van der Waals surface area contributed by atoms with Gasteiger partial charge in [-0.25, -0.2) is 0 Å². The van der Waals surface area contributed by atoms with Gasteiger partial charge in [0.25, 0.3) is 0 Å². The molecule has 1 rings (SSSR count). The van der Waals surface area contributed by atoms with E-state index >= 15 is 0 Å². The summed E-state index contributed by atoms with van der Waals surface area (Å²) in [5, 5.41) is 0. The van der Waals surface area contributed by atoms with Gasteiger partial charge >= 0.3 is 0 Å². The van der Waals surface area contributed by atoms with E-state index in [9.17, 15) is 0 Å². The molecular formula is C6H11NO. The third kappa shape index (κ3) is 1.30. The van der Waals surface area contributed by atoms with Crippen molar-refractivity contribution in [3.63, 3.8) is 0 Å². The monoisotopic (exact) mass is 113 g/mol. The van der Waals surface area contributed by atoms with Crippen LogP contribution in [0.2, 0.25) is 0 Å². The van der Waals surface area contributed by atoms with Gasteiger partial charge in [0.2, 0.25) is 0 Å². The van der Waals surface area contributed by atoms with E-state index in [1.54, 1.807) is 0 Å². The number of nitrogens with zero attached hydrogens (tertiary/aromatic N) is 1. The van der Waals surface area contributed by atoms with Gasteiger partial charge in [-0.15, -0.1) is 0 Å². The lowest BCUT2D eigenvalue weighted by Crippen LogP contribution is -2.21. The first kappa shape index (κ1) is 5.76. The predicted molar refractivity (Wildman–Crippen MR) is 33.4 cm³/mol. The van der Waals surface area contributed by atoms with Crippen molar-refractivity contribution in [3.05, 3.63) is 0 Å². The van der Waals surface area contributed by atoms with E-state index in [0.29, 0.717) is 6.04 Å². The lowest BCUT2D eigenvalue weighted by Gasteiger charge is -2.14. The Morgan fingerprint density at radius 1 is 1.75 bits per heavy atom. The lowest BCUT2D eigenvalue weighted by molar-refractivity contribution is 0.148. The van der Waals surface area contributed by atoms with Crippen molar-refractivity contribution in [2.24, 2.45) is 4.99 Å². The molecule has 2 heteroatoms. The summed E-state index contributed by atoms with van der Waals surface area (Å²) in [7, 11) is 0. The first-order valence-corrected chi connectivity index (χ1v) is 2.90. The molecule has 0 aromatic heterocycles. The number of aliphatic imine (C=N–C) groups is 1. The van der Waals surface area contributed by atoms with Gasteiger partial charge in [0.05, 0.1) is 19.3 Å². The van der Waals surface area contributed by atoms with E-state index in [1.165, 1.54) is 0 Å². The molecule has 1 heterocycles. The highest BCUT2D eigenvalue weighted by atomic mass is 16.5. The Labute approximate surface area is 49.6 Å². The van der Waals surface area contributed by atoms with Gasteiger partial charge in [0, 0.05) is 5.71 Å². The van der Waals surface area contributed by atoms with Gasteiger partial charge in [-0.3, -0.25) is 4.99 Å². The van der Waals surface area contributed by atoms with Crippen molar-refractivity contribution >= 4 is 5.71 Å². The highest BCUT2D eigenvalue weighted by Gasteiger charge is 2.05. The van der Waals surface area contributed by atoms with Crippen LogP contribution in [-0.2, 0) is 4.74 Å². The SMILES string of the molecule is CC1=NC(C)COC1. The van der Waals surface area contributed by atoms with Crippen molar-refractivity contribution < 1.29 is 4.74 Å². The van der Waals surface area contributed by atoms with Crippen molar-refractivity contribution in [1.29, 1.82) is 0 Å². The van der Waals surface area contributed by atoms with Gasteiger partial charge in [-0.2, -0.15) is 0 Å². The Morgan fingerprint density at radius 3 is 2.88 bits per heavy atom. The van der Waals surface area contributed by atoms with Crippen LogP contribution < -0.4 is 0 Å². The van der Waals surface area contributed by atoms with E-state index in [4.69, 9.17) is 4.74 Å². The normalized spacial score (nSPS) is 29.8. The van der Waals surface area contributed by atoms with Gasteiger partial charge in [-0.1, -0.05) is 0 Å². The van der Waals surface area contributed by atoms with Crippen molar-refractivity contribution in [3.8, 4) is 0 Å². The standard InChI is InChI=1S/C6H11NO/c1-5-3-8-4-6(2)7-5/h5H,3-4H2,1-2H3. The van der Waals surface area contributed by atoms with Crippen LogP contribution in [0.25, 0.3) is 0 Å². The van der Waals surface area contributed by atoms with Crippen LogP contribution in [-0.4, -0.2) is 25.0 Å². The quantitative estimate of drug-likeness (QED) is 0.456. The summed E-state index contributed by atoms with van der Waals surface area (Å²) in [5.74, 6) is 0. The molecule has 0 bridgehead atoms. The minimum atomic E-state index is 0.378. The fraction of sp³-hybridized carbons (Fsp3) is 0.833. The van der Waals surface area contributed by atoms with Crippen molar-refractivity contribution in [1.82, 2.24) is 0 Å². The highest BCUT2D eigenvalue weighted by molar-refractivity contribution is 5.83. The molecule has 1 aliphatic heterocycles. The van der Waals surface area contributed by atoms with E-state index in [-0.39, 0.29) is 0 Å². The zero-order valence-electron chi connectivity index (χ0n) is 5.35. The lowest BCUT2D eigenvalue weighted by atomic mass is 10.3. The van der Waals surface area contributed by atoms with Crippen LogP contribution in [0.4, 0.5) is 0 Å². The highest BCUT2D eigenvalue weighted by Crippen LogP contribution is 1.98. The first-order valence-electron chi connectivity index (χ1n) is 2.90. The molecule has 1 aliphatic rings.